The Morgan fingerprint density at radius 1 is 1.71 bits per heavy atom. The number of anilines is 1. The Bertz CT molecular complexity index is 437. The van der Waals surface area contributed by atoms with E-state index in [-0.39, 0.29) is 12.4 Å². The largest absolute Gasteiger partial charge is 0.394 e. The zero-order chi connectivity index (χ0) is 12.4. The third-order valence-corrected chi connectivity index (χ3v) is 2.70. The number of nitrogens with zero attached hydrogens (tertiary/aromatic N) is 2. The maximum absolute atomic E-state index is 11.6. The lowest BCUT2D eigenvalue weighted by atomic mass is 10.2. The van der Waals surface area contributed by atoms with Gasteiger partial charge in [0.05, 0.1) is 6.61 Å². The molecule has 2 heterocycles. The smallest absolute Gasteiger partial charge is 0.351 e. The van der Waals surface area contributed by atoms with Gasteiger partial charge in [-0.2, -0.15) is 4.98 Å². The van der Waals surface area contributed by atoms with Crippen molar-refractivity contribution < 1.29 is 14.7 Å². The third kappa shape index (κ3) is 2.29. The lowest BCUT2D eigenvalue weighted by molar-refractivity contribution is -0.0629. The number of aromatic nitrogens is 2. The average Bonchev–Trinajstić information content (AvgIpc) is 2.72. The fourth-order valence-electron chi connectivity index (χ4n) is 1.82. The Balaban J connectivity index is 2.22. The predicted molar refractivity (Wildman–Crippen MR) is 57.6 cm³/mol. The fraction of sp³-hybridized carbons (Fsp3) is 0.556. The van der Waals surface area contributed by atoms with Crippen LogP contribution in [0.1, 0.15) is 12.6 Å². The molecule has 5 N–H and O–H groups in total. The van der Waals surface area contributed by atoms with E-state index in [1.54, 1.807) is 0 Å². The minimum absolute atomic E-state index is 0.148. The van der Waals surface area contributed by atoms with Crippen LogP contribution in [0.2, 0.25) is 0 Å². The standard InChI is InChI=1S/C9H14N4O4/c10-7-1-2-13(9(15)12-7)8-3-5(17-11)6(4-14)16-8/h1-2,5-6,8,14H,3-4,11H2,(H2,10,12,15). The summed E-state index contributed by atoms with van der Waals surface area (Å²) in [6, 6.07) is 1.50. The molecule has 1 aromatic rings. The maximum Gasteiger partial charge on any atom is 0.351 e. The molecule has 0 bridgehead atoms. The molecule has 94 valence electrons. The first-order chi connectivity index (χ1) is 8.15. The molecule has 8 heteroatoms. The Labute approximate surface area is 96.7 Å². The third-order valence-electron chi connectivity index (χ3n) is 2.70. The van der Waals surface area contributed by atoms with Crippen molar-refractivity contribution in [3.63, 3.8) is 0 Å². The van der Waals surface area contributed by atoms with Gasteiger partial charge in [-0.15, -0.1) is 0 Å². The van der Waals surface area contributed by atoms with Crippen molar-refractivity contribution in [2.24, 2.45) is 5.90 Å². The van der Waals surface area contributed by atoms with Crippen LogP contribution in [0.15, 0.2) is 17.1 Å². The fourth-order valence-corrected chi connectivity index (χ4v) is 1.82. The molecule has 1 aliphatic rings. The van der Waals surface area contributed by atoms with Gasteiger partial charge < -0.3 is 15.6 Å². The molecule has 0 aromatic carbocycles. The molecule has 1 aliphatic heterocycles. The first kappa shape index (κ1) is 12.0. The molecule has 0 aliphatic carbocycles. The van der Waals surface area contributed by atoms with Crippen molar-refractivity contribution in [1.82, 2.24) is 9.55 Å². The molecule has 1 saturated heterocycles. The molecule has 1 aromatic heterocycles. The average molecular weight is 242 g/mol. The molecule has 3 unspecified atom stereocenters. The Kier molecular flexibility index (Phi) is 3.38. The zero-order valence-corrected chi connectivity index (χ0v) is 9.02. The summed E-state index contributed by atoms with van der Waals surface area (Å²) < 4.78 is 6.74. The number of nitrogen functional groups attached to an aromatic ring is 1. The first-order valence-corrected chi connectivity index (χ1v) is 5.12. The number of ether oxygens (including phenoxy) is 1. The van der Waals surface area contributed by atoms with Crippen LogP contribution >= 0.6 is 0 Å². The van der Waals surface area contributed by atoms with E-state index in [1.807, 2.05) is 0 Å². The monoisotopic (exact) mass is 242 g/mol. The summed E-state index contributed by atoms with van der Waals surface area (Å²) in [6.07, 6.45) is 0.306. The first-order valence-electron chi connectivity index (χ1n) is 5.12. The van der Waals surface area contributed by atoms with Crippen molar-refractivity contribution in [3.8, 4) is 0 Å². The maximum atomic E-state index is 11.6. The van der Waals surface area contributed by atoms with Crippen molar-refractivity contribution in [3.05, 3.63) is 22.7 Å². The van der Waals surface area contributed by atoms with E-state index in [4.69, 9.17) is 21.5 Å². The second-order valence-corrected chi connectivity index (χ2v) is 3.76. The van der Waals surface area contributed by atoms with Crippen molar-refractivity contribution >= 4 is 5.82 Å². The summed E-state index contributed by atoms with van der Waals surface area (Å²) in [5, 5.41) is 9.06. The molecule has 3 atom stereocenters. The van der Waals surface area contributed by atoms with Gasteiger partial charge in [-0.05, 0) is 6.07 Å². The van der Waals surface area contributed by atoms with E-state index in [0.717, 1.165) is 0 Å². The number of nitrogens with two attached hydrogens (primary N) is 2. The van der Waals surface area contributed by atoms with Gasteiger partial charge in [0.15, 0.2) is 0 Å². The van der Waals surface area contributed by atoms with Gasteiger partial charge in [-0.25, -0.2) is 10.7 Å². The van der Waals surface area contributed by atoms with E-state index >= 15 is 0 Å². The summed E-state index contributed by atoms with van der Waals surface area (Å²) in [4.78, 5) is 19.8. The van der Waals surface area contributed by atoms with Crippen LogP contribution in [0.3, 0.4) is 0 Å². The van der Waals surface area contributed by atoms with Crippen molar-refractivity contribution in [2.75, 3.05) is 12.3 Å². The van der Waals surface area contributed by atoms with Crippen LogP contribution < -0.4 is 17.3 Å². The predicted octanol–water partition coefficient (Wildman–Crippen LogP) is -1.64. The van der Waals surface area contributed by atoms with E-state index in [1.165, 1.54) is 16.8 Å². The summed E-state index contributed by atoms with van der Waals surface area (Å²) in [7, 11) is 0. The molecular formula is C9H14N4O4. The van der Waals surface area contributed by atoms with Crippen LogP contribution in [0, 0.1) is 0 Å². The highest BCUT2D eigenvalue weighted by Gasteiger charge is 2.36. The van der Waals surface area contributed by atoms with Gasteiger partial charge in [0, 0.05) is 12.6 Å². The Morgan fingerprint density at radius 2 is 2.47 bits per heavy atom. The number of hydrogen-bond acceptors (Lipinski definition) is 7. The lowest BCUT2D eigenvalue weighted by Gasteiger charge is -2.14. The van der Waals surface area contributed by atoms with E-state index in [0.29, 0.717) is 6.42 Å². The molecule has 0 spiro atoms. The molecule has 1 fully saturated rings. The molecule has 17 heavy (non-hydrogen) atoms. The minimum atomic E-state index is -0.554. The minimum Gasteiger partial charge on any atom is -0.394 e. The summed E-state index contributed by atoms with van der Waals surface area (Å²) >= 11 is 0. The molecule has 0 radical (unpaired) electrons. The van der Waals surface area contributed by atoms with Gasteiger partial charge >= 0.3 is 5.69 Å². The number of aliphatic hydroxyl groups is 1. The molecule has 8 nitrogen and oxygen atoms in total. The summed E-state index contributed by atoms with van der Waals surface area (Å²) in [6.45, 7) is -0.227. The highest BCUT2D eigenvalue weighted by Crippen LogP contribution is 2.28. The van der Waals surface area contributed by atoms with Crippen LogP contribution in [0.25, 0.3) is 0 Å². The normalized spacial score (nSPS) is 28.5. The van der Waals surface area contributed by atoms with Crippen molar-refractivity contribution in [1.29, 1.82) is 0 Å². The Morgan fingerprint density at radius 3 is 3.00 bits per heavy atom. The molecule has 2 rings (SSSR count). The summed E-state index contributed by atoms with van der Waals surface area (Å²) in [5.41, 5.74) is 4.87. The van der Waals surface area contributed by atoms with Crippen molar-refractivity contribution in [2.45, 2.75) is 24.9 Å². The van der Waals surface area contributed by atoms with E-state index < -0.39 is 24.1 Å². The topological polar surface area (TPSA) is 126 Å². The van der Waals surface area contributed by atoms with Crippen LogP contribution in [0.4, 0.5) is 5.82 Å². The van der Waals surface area contributed by atoms with Crippen LogP contribution in [-0.2, 0) is 9.57 Å². The quantitative estimate of drug-likeness (QED) is 0.543. The Hall–Kier alpha value is -1.48. The highest BCUT2D eigenvalue weighted by molar-refractivity contribution is 5.23. The van der Waals surface area contributed by atoms with Gasteiger partial charge in [0.1, 0.15) is 24.3 Å². The van der Waals surface area contributed by atoms with Gasteiger partial charge in [0.25, 0.3) is 0 Å². The highest BCUT2D eigenvalue weighted by atomic mass is 16.7. The van der Waals surface area contributed by atoms with Gasteiger partial charge in [-0.3, -0.25) is 9.40 Å². The zero-order valence-electron chi connectivity index (χ0n) is 9.02. The molecule has 0 saturated carbocycles. The number of aliphatic hydroxyl groups excluding tert-OH is 1. The molecular weight excluding hydrogens is 228 g/mol. The second-order valence-electron chi connectivity index (χ2n) is 3.76. The van der Waals surface area contributed by atoms with Crippen LogP contribution in [0.5, 0.6) is 0 Å². The second kappa shape index (κ2) is 4.80. The lowest BCUT2D eigenvalue weighted by Crippen LogP contribution is -2.30. The number of rotatable bonds is 3. The van der Waals surface area contributed by atoms with Crippen LogP contribution in [-0.4, -0.2) is 33.5 Å². The van der Waals surface area contributed by atoms with Gasteiger partial charge in [-0.1, -0.05) is 0 Å². The SMILES string of the molecule is NOC1CC(n2ccc(N)nc2=O)OC1CO. The van der Waals surface area contributed by atoms with Gasteiger partial charge in [0.2, 0.25) is 0 Å². The van der Waals surface area contributed by atoms with E-state index in [2.05, 4.69) is 9.82 Å². The summed E-state index contributed by atoms with van der Waals surface area (Å²) in [5.74, 6) is 5.24. The van der Waals surface area contributed by atoms with E-state index in [9.17, 15) is 4.79 Å². The number of hydrogen-bond donors (Lipinski definition) is 3. The molecule has 0 amide bonds.